The van der Waals surface area contributed by atoms with Crippen molar-refractivity contribution in [2.75, 3.05) is 32.2 Å². The van der Waals surface area contributed by atoms with E-state index in [1.807, 2.05) is 55.5 Å². The number of benzene rings is 2. The lowest BCUT2D eigenvalue weighted by molar-refractivity contribution is 0.319. The third-order valence-corrected chi connectivity index (χ3v) is 3.37. The summed E-state index contributed by atoms with van der Waals surface area (Å²) in [7, 11) is 1.63. The highest BCUT2D eigenvalue weighted by Crippen LogP contribution is 2.17. The van der Waals surface area contributed by atoms with Gasteiger partial charge in [-0.25, -0.2) is 0 Å². The quantitative estimate of drug-likeness (QED) is 0.564. The Labute approximate surface area is 147 Å². The topological polar surface area (TPSA) is 51.8 Å². The molecule has 0 saturated heterocycles. The SMILES string of the molecule is CCOc1ccc(OCCNC(=S)Nc2cccc(OC)c2)cc1. The lowest BCUT2D eigenvalue weighted by Gasteiger charge is -2.12. The maximum Gasteiger partial charge on any atom is 0.170 e. The fourth-order valence-corrected chi connectivity index (χ4v) is 2.23. The van der Waals surface area contributed by atoms with Crippen LogP contribution in [-0.2, 0) is 0 Å². The number of rotatable bonds is 8. The van der Waals surface area contributed by atoms with E-state index in [0.717, 1.165) is 22.9 Å². The van der Waals surface area contributed by atoms with Gasteiger partial charge in [0.1, 0.15) is 23.9 Å². The molecular formula is C18H22N2O3S. The maximum absolute atomic E-state index is 5.65. The Hall–Kier alpha value is -2.47. The highest BCUT2D eigenvalue weighted by Gasteiger charge is 2.00. The van der Waals surface area contributed by atoms with Crippen LogP contribution in [0, 0.1) is 0 Å². The van der Waals surface area contributed by atoms with Crippen LogP contribution in [0.1, 0.15) is 6.92 Å². The molecule has 128 valence electrons. The first kappa shape index (κ1) is 17.9. The minimum absolute atomic E-state index is 0.508. The van der Waals surface area contributed by atoms with Crippen molar-refractivity contribution in [3.8, 4) is 17.2 Å². The molecule has 24 heavy (non-hydrogen) atoms. The standard InChI is InChI=1S/C18H22N2O3S/c1-3-22-15-7-9-16(10-8-15)23-12-11-19-18(24)20-14-5-4-6-17(13-14)21-2/h4-10,13H,3,11-12H2,1-2H3,(H2,19,20,24). The molecule has 0 spiro atoms. The molecule has 0 atom stereocenters. The van der Waals surface area contributed by atoms with Crippen LogP contribution in [0.15, 0.2) is 48.5 Å². The summed E-state index contributed by atoms with van der Waals surface area (Å²) < 4.78 is 16.2. The summed E-state index contributed by atoms with van der Waals surface area (Å²) in [6.45, 7) is 3.72. The monoisotopic (exact) mass is 346 g/mol. The Balaban J connectivity index is 1.68. The van der Waals surface area contributed by atoms with Crippen molar-refractivity contribution in [1.82, 2.24) is 5.32 Å². The fourth-order valence-electron chi connectivity index (χ4n) is 2.01. The second-order valence-corrected chi connectivity index (χ2v) is 5.27. The number of nitrogens with one attached hydrogen (secondary N) is 2. The highest BCUT2D eigenvalue weighted by atomic mass is 32.1. The molecule has 6 heteroatoms. The molecule has 0 radical (unpaired) electrons. The Morgan fingerprint density at radius 3 is 2.38 bits per heavy atom. The molecule has 0 aliphatic heterocycles. The Kier molecular flexibility index (Phi) is 7.17. The van der Waals surface area contributed by atoms with Crippen molar-refractivity contribution in [2.45, 2.75) is 6.92 Å². The smallest absolute Gasteiger partial charge is 0.170 e. The molecule has 0 amide bonds. The molecule has 0 aliphatic carbocycles. The summed E-state index contributed by atoms with van der Waals surface area (Å²) in [6.07, 6.45) is 0. The van der Waals surface area contributed by atoms with E-state index in [9.17, 15) is 0 Å². The Morgan fingerprint density at radius 2 is 1.71 bits per heavy atom. The van der Waals surface area contributed by atoms with Gasteiger partial charge in [-0.3, -0.25) is 0 Å². The van der Waals surface area contributed by atoms with E-state index in [1.165, 1.54) is 0 Å². The molecule has 0 aromatic heterocycles. The lowest BCUT2D eigenvalue weighted by atomic mass is 10.3. The van der Waals surface area contributed by atoms with Gasteiger partial charge in [-0.2, -0.15) is 0 Å². The van der Waals surface area contributed by atoms with Crippen molar-refractivity contribution in [2.24, 2.45) is 0 Å². The molecule has 0 aliphatic rings. The van der Waals surface area contributed by atoms with Crippen molar-refractivity contribution in [1.29, 1.82) is 0 Å². The van der Waals surface area contributed by atoms with Crippen LogP contribution in [0.25, 0.3) is 0 Å². The van der Waals surface area contributed by atoms with Gasteiger partial charge in [-0.1, -0.05) is 6.07 Å². The predicted octanol–water partition coefficient (Wildman–Crippen LogP) is 3.46. The van der Waals surface area contributed by atoms with Crippen LogP contribution >= 0.6 is 12.2 Å². The molecule has 2 aromatic carbocycles. The van der Waals surface area contributed by atoms with Gasteiger partial charge in [-0.05, 0) is 55.5 Å². The molecule has 5 nitrogen and oxygen atoms in total. The number of hydrogen-bond donors (Lipinski definition) is 2. The summed E-state index contributed by atoms with van der Waals surface area (Å²) >= 11 is 5.26. The van der Waals surface area contributed by atoms with Crippen LogP contribution in [-0.4, -0.2) is 32.0 Å². The zero-order chi connectivity index (χ0) is 17.2. The fraction of sp³-hybridized carbons (Fsp3) is 0.278. The average molecular weight is 346 g/mol. The average Bonchev–Trinajstić information content (AvgIpc) is 2.60. The minimum atomic E-state index is 0.508. The van der Waals surface area contributed by atoms with E-state index in [1.54, 1.807) is 7.11 Å². The van der Waals surface area contributed by atoms with Gasteiger partial charge >= 0.3 is 0 Å². The third-order valence-electron chi connectivity index (χ3n) is 3.12. The molecule has 0 heterocycles. The Bertz CT molecular complexity index is 647. The molecule has 2 rings (SSSR count). The van der Waals surface area contributed by atoms with E-state index in [0.29, 0.717) is 24.9 Å². The molecule has 0 unspecified atom stereocenters. The lowest BCUT2D eigenvalue weighted by Crippen LogP contribution is -2.31. The maximum atomic E-state index is 5.65. The van der Waals surface area contributed by atoms with Gasteiger partial charge in [-0.15, -0.1) is 0 Å². The highest BCUT2D eigenvalue weighted by molar-refractivity contribution is 7.80. The van der Waals surface area contributed by atoms with E-state index < -0.39 is 0 Å². The molecule has 2 N–H and O–H groups in total. The van der Waals surface area contributed by atoms with Crippen LogP contribution in [0.4, 0.5) is 5.69 Å². The summed E-state index contributed by atoms with van der Waals surface area (Å²) in [4.78, 5) is 0. The van der Waals surface area contributed by atoms with Gasteiger partial charge in [0.05, 0.1) is 20.3 Å². The van der Waals surface area contributed by atoms with Gasteiger partial charge < -0.3 is 24.8 Å². The van der Waals surface area contributed by atoms with Gasteiger partial charge in [0.15, 0.2) is 5.11 Å². The molecule has 0 bridgehead atoms. The molecule has 2 aromatic rings. The first-order chi connectivity index (χ1) is 11.7. The third kappa shape index (κ3) is 5.96. The van der Waals surface area contributed by atoms with E-state index in [-0.39, 0.29) is 0 Å². The van der Waals surface area contributed by atoms with E-state index >= 15 is 0 Å². The minimum Gasteiger partial charge on any atom is -0.497 e. The van der Waals surface area contributed by atoms with E-state index in [4.69, 9.17) is 26.4 Å². The first-order valence-electron chi connectivity index (χ1n) is 7.76. The van der Waals surface area contributed by atoms with Crippen molar-refractivity contribution >= 4 is 23.0 Å². The number of ether oxygens (including phenoxy) is 3. The van der Waals surface area contributed by atoms with Gasteiger partial charge in [0.25, 0.3) is 0 Å². The second-order valence-electron chi connectivity index (χ2n) is 4.87. The summed E-state index contributed by atoms with van der Waals surface area (Å²) in [5.41, 5.74) is 0.874. The number of thiocarbonyl (C=S) groups is 1. The molecule has 0 saturated carbocycles. The molecular weight excluding hydrogens is 324 g/mol. The van der Waals surface area contributed by atoms with Crippen molar-refractivity contribution < 1.29 is 14.2 Å². The first-order valence-corrected chi connectivity index (χ1v) is 8.16. The second kappa shape index (κ2) is 9.62. The summed E-state index contributed by atoms with van der Waals surface area (Å²) in [5.74, 6) is 2.42. The normalized spacial score (nSPS) is 9.92. The van der Waals surface area contributed by atoms with Crippen LogP contribution in [0.3, 0.4) is 0 Å². The van der Waals surface area contributed by atoms with Crippen LogP contribution < -0.4 is 24.8 Å². The number of methoxy groups -OCH3 is 1. The number of hydrogen-bond acceptors (Lipinski definition) is 4. The Morgan fingerprint density at radius 1 is 1.00 bits per heavy atom. The summed E-state index contributed by atoms with van der Waals surface area (Å²) in [5, 5.41) is 6.75. The number of anilines is 1. The molecule has 0 fully saturated rings. The predicted molar refractivity (Wildman–Crippen MR) is 100 cm³/mol. The van der Waals surface area contributed by atoms with Crippen LogP contribution in [0.2, 0.25) is 0 Å². The van der Waals surface area contributed by atoms with Gasteiger partial charge in [0.2, 0.25) is 0 Å². The largest absolute Gasteiger partial charge is 0.497 e. The van der Waals surface area contributed by atoms with Crippen LogP contribution in [0.5, 0.6) is 17.2 Å². The van der Waals surface area contributed by atoms with Crippen molar-refractivity contribution in [3.63, 3.8) is 0 Å². The van der Waals surface area contributed by atoms with Crippen molar-refractivity contribution in [3.05, 3.63) is 48.5 Å². The zero-order valence-electron chi connectivity index (χ0n) is 13.9. The van der Waals surface area contributed by atoms with E-state index in [2.05, 4.69) is 10.6 Å². The summed E-state index contributed by atoms with van der Waals surface area (Å²) in [6, 6.07) is 15.1. The zero-order valence-corrected chi connectivity index (χ0v) is 14.7. The van der Waals surface area contributed by atoms with Gasteiger partial charge in [0, 0.05) is 11.8 Å².